The molecule has 1 N–H and O–H groups in total. The van der Waals surface area contributed by atoms with Crippen LogP contribution in [0.1, 0.15) is 46.6 Å². The maximum atomic E-state index is 11.7. The lowest BCUT2D eigenvalue weighted by Crippen LogP contribution is -2.50. The maximum absolute atomic E-state index is 11.7. The zero-order chi connectivity index (χ0) is 29.7. The van der Waals surface area contributed by atoms with Crippen LogP contribution in [0.4, 0.5) is 11.4 Å². The number of piperazine rings is 1. The Bertz CT molecular complexity index is 1670. The molecule has 224 valence electrons. The zero-order valence-electron chi connectivity index (χ0n) is 24.8. The number of carbonyl (C=O) groups is 1. The highest BCUT2D eigenvalue weighted by Crippen LogP contribution is 2.52. The third kappa shape index (κ3) is 5.42. The minimum absolute atomic E-state index is 0.0992. The highest BCUT2D eigenvalue weighted by Gasteiger charge is 2.50. The number of rotatable bonds is 9. The molecular formula is C34H38ClN5O3. The first kappa shape index (κ1) is 28.3. The first-order chi connectivity index (χ1) is 20.8. The molecule has 3 heterocycles. The van der Waals surface area contributed by atoms with Gasteiger partial charge >= 0.3 is 5.97 Å². The fraction of sp³-hybridized carbons (Fsp3) is 0.412. The van der Waals surface area contributed by atoms with Crippen molar-refractivity contribution in [2.75, 3.05) is 44.7 Å². The highest BCUT2D eigenvalue weighted by atomic mass is 35.5. The first-order valence-corrected chi connectivity index (χ1v) is 15.6. The average molecular weight is 600 g/mol. The number of aryl methyl sites for hydroxylation is 1. The van der Waals surface area contributed by atoms with Crippen molar-refractivity contribution < 1.29 is 14.6 Å². The summed E-state index contributed by atoms with van der Waals surface area (Å²) < 4.78 is 7.92. The van der Waals surface area contributed by atoms with Gasteiger partial charge in [0, 0.05) is 51.1 Å². The van der Waals surface area contributed by atoms with Gasteiger partial charge in [-0.3, -0.25) is 9.80 Å². The monoisotopic (exact) mass is 599 g/mol. The van der Waals surface area contributed by atoms with E-state index in [1.807, 2.05) is 12.1 Å². The number of anilines is 2. The molecule has 3 aromatic carbocycles. The van der Waals surface area contributed by atoms with Crippen molar-refractivity contribution >= 4 is 40.0 Å². The summed E-state index contributed by atoms with van der Waals surface area (Å²) in [5.41, 5.74) is 6.79. The Balaban J connectivity index is 1.06. The summed E-state index contributed by atoms with van der Waals surface area (Å²) in [5.74, 6) is 0.0606. The summed E-state index contributed by atoms with van der Waals surface area (Å²) in [4.78, 5) is 23.9. The van der Waals surface area contributed by atoms with Gasteiger partial charge in [-0.15, -0.1) is 0 Å². The number of carboxylic acid groups (broad SMARTS) is 1. The Kier molecular flexibility index (Phi) is 7.42. The number of hydrogen-bond donors (Lipinski definition) is 1. The van der Waals surface area contributed by atoms with Crippen molar-refractivity contribution in [1.29, 1.82) is 0 Å². The van der Waals surface area contributed by atoms with Crippen LogP contribution in [0.3, 0.4) is 0 Å². The molecule has 3 fully saturated rings. The van der Waals surface area contributed by atoms with E-state index in [4.69, 9.17) is 21.3 Å². The number of imidazole rings is 1. The van der Waals surface area contributed by atoms with Crippen LogP contribution in [-0.2, 0) is 23.4 Å². The van der Waals surface area contributed by atoms with Gasteiger partial charge in [0.25, 0.3) is 0 Å². The fourth-order valence-electron chi connectivity index (χ4n) is 6.73. The van der Waals surface area contributed by atoms with Crippen molar-refractivity contribution in [1.82, 2.24) is 19.4 Å². The number of hydrogen-bond acceptors (Lipinski definition) is 6. The summed E-state index contributed by atoms with van der Waals surface area (Å²) in [6.07, 6.45) is 3.53. The molecule has 2 saturated heterocycles. The second-order valence-electron chi connectivity index (χ2n) is 12.3. The molecule has 1 aromatic heterocycles. The number of nitrogens with zero attached hydrogens (tertiary/aromatic N) is 5. The van der Waals surface area contributed by atoms with E-state index in [1.165, 1.54) is 18.4 Å². The average Bonchev–Trinajstić information content (AvgIpc) is 3.72. The van der Waals surface area contributed by atoms with Crippen molar-refractivity contribution in [3.8, 4) is 0 Å². The maximum Gasteiger partial charge on any atom is 0.335 e. The summed E-state index contributed by atoms with van der Waals surface area (Å²) in [6.45, 7) is 8.21. The molecule has 8 nitrogen and oxygen atoms in total. The molecule has 43 heavy (non-hydrogen) atoms. The van der Waals surface area contributed by atoms with Gasteiger partial charge in [0.1, 0.15) is 5.82 Å². The minimum atomic E-state index is -0.919. The minimum Gasteiger partial charge on any atom is -0.478 e. The molecule has 1 unspecified atom stereocenters. The normalized spacial score (nSPS) is 20.2. The van der Waals surface area contributed by atoms with E-state index >= 15 is 0 Å². The van der Waals surface area contributed by atoms with E-state index in [1.54, 1.807) is 12.1 Å². The van der Waals surface area contributed by atoms with Gasteiger partial charge in [0.05, 0.1) is 46.5 Å². The van der Waals surface area contributed by atoms with E-state index in [9.17, 15) is 9.90 Å². The van der Waals surface area contributed by atoms with Crippen LogP contribution in [-0.4, -0.2) is 76.4 Å². The standard InChI is InChI=1S/C34H38ClN5O3/c1-23-6-9-30(28(35)18-23)37(2)26-5-3-4-25(20-26)34(11-12-34)39-15-13-38(14-16-39)22-32-36-29-8-7-24(33(41)42)19-31(29)40(32)21-27-10-17-43-27/h3-9,18-20,27H,10-17,21-22H2,1-2H3,(H,41,42). The Morgan fingerprint density at radius 2 is 1.88 bits per heavy atom. The molecule has 7 rings (SSSR count). The largest absolute Gasteiger partial charge is 0.478 e. The number of fused-ring (bicyclic) bond motifs is 1. The Morgan fingerprint density at radius 1 is 1.09 bits per heavy atom. The summed E-state index contributed by atoms with van der Waals surface area (Å²) in [7, 11) is 2.08. The summed E-state index contributed by atoms with van der Waals surface area (Å²) in [6, 6.07) is 20.4. The van der Waals surface area contributed by atoms with Crippen LogP contribution >= 0.6 is 11.6 Å². The van der Waals surface area contributed by atoms with E-state index in [0.717, 1.165) is 84.6 Å². The lowest BCUT2D eigenvalue weighted by atomic mass is 10.0. The second-order valence-corrected chi connectivity index (χ2v) is 12.7. The lowest BCUT2D eigenvalue weighted by molar-refractivity contribution is -0.0592. The number of ether oxygens (including phenoxy) is 1. The molecule has 0 spiro atoms. The van der Waals surface area contributed by atoms with Crippen molar-refractivity contribution in [3.63, 3.8) is 0 Å². The van der Waals surface area contributed by atoms with Gasteiger partial charge in [0.15, 0.2) is 0 Å². The number of benzene rings is 3. The number of carboxylic acids is 1. The van der Waals surface area contributed by atoms with E-state index in [0.29, 0.717) is 6.54 Å². The predicted molar refractivity (Wildman–Crippen MR) is 170 cm³/mol. The topological polar surface area (TPSA) is 74.1 Å². The number of aromatic carboxylic acids is 1. The molecule has 4 aromatic rings. The van der Waals surface area contributed by atoms with Gasteiger partial charge in [-0.1, -0.05) is 29.8 Å². The van der Waals surface area contributed by atoms with Gasteiger partial charge in [0.2, 0.25) is 0 Å². The molecule has 1 atom stereocenters. The van der Waals surface area contributed by atoms with E-state index in [-0.39, 0.29) is 17.2 Å². The van der Waals surface area contributed by atoms with Crippen LogP contribution in [0, 0.1) is 6.92 Å². The molecule has 2 aliphatic heterocycles. The second kappa shape index (κ2) is 11.2. The number of halogens is 1. The molecule has 0 radical (unpaired) electrons. The first-order valence-electron chi connectivity index (χ1n) is 15.2. The molecule has 0 amide bonds. The Labute approximate surface area is 257 Å². The molecule has 3 aliphatic rings. The molecular weight excluding hydrogens is 562 g/mol. The fourth-order valence-corrected chi connectivity index (χ4v) is 7.09. The van der Waals surface area contributed by atoms with Crippen LogP contribution in [0.15, 0.2) is 60.7 Å². The van der Waals surface area contributed by atoms with Crippen LogP contribution in [0.25, 0.3) is 11.0 Å². The molecule has 9 heteroatoms. The van der Waals surface area contributed by atoms with Gasteiger partial charge in [-0.2, -0.15) is 0 Å². The molecule has 1 aliphatic carbocycles. The third-order valence-corrected chi connectivity index (χ3v) is 9.86. The SMILES string of the molecule is Cc1ccc(N(C)c2cccc(C3(N4CCN(Cc5nc6ccc(C(=O)O)cc6n5CC5CCO5)CC4)CC3)c2)c(Cl)c1. The summed E-state index contributed by atoms with van der Waals surface area (Å²) in [5, 5.41) is 10.3. The highest BCUT2D eigenvalue weighted by molar-refractivity contribution is 6.33. The van der Waals surface area contributed by atoms with Crippen LogP contribution in [0.2, 0.25) is 5.02 Å². The van der Waals surface area contributed by atoms with Crippen LogP contribution < -0.4 is 4.90 Å². The van der Waals surface area contributed by atoms with Gasteiger partial charge in [-0.25, -0.2) is 9.78 Å². The third-order valence-electron chi connectivity index (χ3n) is 9.56. The number of aromatic nitrogens is 2. The molecule has 1 saturated carbocycles. The van der Waals surface area contributed by atoms with Crippen LogP contribution in [0.5, 0.6) is 0 Å². The van der Waals surface area contributed by atoms with Crippen molar-refractivity contribution in [3.05, 3.63) is 88.2 Å². The van der Waals surface area contributed by atoms with Gasteiger partial charge < -0.3 is 19.3 Å². The lowest BCUT2D eigenvalue weighted by Gasteiger charge is -2.40. The molecule has 0 bridgehead atoms. The van der Waals surface area contributed by atoms with E-state index < -0.39 is 5.97 Å². The van der Waals surface area contributed by atoms with Gasteiger partial charge in [-0.05, 0) is 79.8 Å². The Morgan fingerprint density at radius 3 is 2.56 bits per heavy atom. The van der Waals surface area contributed by atoms with E-state index in [2.05, 4.69) is 69.6 Å². The summed E-state index contributed by atoms with van der Waals surface area (Å²) >= 11 is 6.61. The quantitative estimate of drug-likeness (QED) is 0.251. The van der Waals surface area contributed by atoms with Crippen molar-refractivity contribution in [2.45, 2.75) is 50.9 Å². The predicted octanol–water partition coefficient (Wildman–Crippen LogP) is 6.06. The zero-order valence-corrected chi connectivity index (χ0v) is 25.6. The smallest absolute Gasteiger partial charge is 0.335 e. The van der Waals surface area contributed by atoms with Crippen molar-refractivity contribution in [2.24, 2.45) is 0 Å². The Hall–Kier alpha value is -3.43.